The Morgan fingerprint density at radius 1 is 1.17 bits per heavy atom. The predicted molar refractivity (Wildman–Crippen MR) is 59.4 cm³/mol. The highest BCUT2D eigenvalue weighted by Gasteiger charge is 2.17. The Kier molecular flexibility index (Phi) is 4.18. The van der Waals surface area contributed by atoms with Gasteiger partial charge in [0.05, 0.1) is 0 Å². The van der Waals surface area contributed by atoms with Gasteiger partial charge in [-0.05, 0) is 40.9 Å². The quantitative estimate of drug-likeness (QED) is 0.652. The van der Waals surface area contributed by atoms with E-state index in [-0.39, 0.29) is 5.54 Å². The zero-order valence-electron chi connectivity index (χ0n) is 9.36. The van der Waals surface area contributed by atoms with Gasteiger partial charge < -0.3 is 4.90 Å². The van der Waals surface area contributed by atoms with Gasteiger partial charge in [-0.15, -0.1) is 11.8 Å². The van der Waals surface area contributed by atoms with E-state index in [1.54, 1.807) is 0 Å². The van der Waals surface area contributed by atoms with Gasteiger partial charge >= 0.3 is 0 Å². The normalized spacial score (nSPS) is 14.2. The fourth-order valence-corrected chi connectivity index (χ4v) is 1.32. The molecule has 0 atom stereocenters. The van der Waals surface area contributed by atoms with Crippen LogP contribution < -0.4 is 0 Å². The highest BCUT2D eigenvalue weighted by atomic mass is 32.2. The second kappa shape index (κ2) is 4.22. The maximum Gasteiger partial charge on any atom is 0.0311 e. The van der Waals surface area contributed by atoms with Crippen LogP contribution in [0.15, 0.2) is 10.6 Å². The van der Waals surface area contributed by atoms with Crippen LogP contribution in [-0.2, 0) is 0 Å². The van der Waals surface area contributed by atoms with Crippen LogP contribution in [0, 0.1) is 0 Å². The number of nitrogens with zero attached hydrogens (tertiary/aromatic N) is 1. The standard InChI is InChI=1S/C10H21NS/c1-8(9(2)12-7)11(6)10(3,4)5/h1-7H3/b9-8-. The molecule has 0 radical (unpaired) electrons. The molecule has 1 nitrogen and oxygen atoms in total. The summed E-state index contributed by atoms with van der Waals surface area (Å²) in [6, 6.07) is 0. The maximum atomic E-state index is 2.32. The molecule has 0 saturated carbocycles. The van der Waals surface area contributed by atoms with Gasteiger partial charge in [0.2, 0.25) is 0 Å². The van der Waals surface area contributed by atoms with Gasteiger partial charge in [0.15, 0.2) is 0 Å². The highest BCUT2D eigenvalue weighted by Crippen LogP contribution is 2.23. The second-order valence-electron chi connectivity index (χ2n) is 4.08. The molecule has 72 valence electrons. The SMILES string of the molecule is CS/C(C)=C(/C)N(C)C(C)(C)C. The first kappa shape index (κ1) is 11.9. The molecule has 0 fully saturated rings. The van der Waals surface area contributed by atoms with Gasteiger partial charge in [0, 0.05) is 23.2 Å². The third-order valence-electron chi connectivity index (χ3n) is 2.33. The van der Waals surface area contributed by atoms with Gasteiger partial charge in [-0.2, -0.15) is 0 Å². The van der Waals surface area contributed by atoms with E-state index in [4.69, 9.17) is 0 Å². The van der Waals surface area contributed by atoms with Crippen LogP contribution in [0.3, 0.4) is 0 Å². The van der Waals surface area contributed by atoms with Crippen LogP contribution in [0.4, 0.5) is 0 Å². The summed E-state index contributed by atoms with van der Waals surface area (Å²) in [6.07, 6.45) is 2.12. The summed E-state index contributed by atoms with van der Waals surface area (Å²) in [5.41, 5.74) is 1.59. The van der Waals surface area contributed by atoms with E-state index >= 15 is 0 Å². The molecule has 0 aromatic rings. The van der Waals surface area contributed by atoms with Crippen LogP contribution in [0.25, 0.3) is 0 Å². The largest absolute Gasteiger partial charge is 0.373 e. The van der Waals surface area contributed by atoms with Crippen LogP contribution in [-0.4, -0.2) is 23.7 Å². The van der Waals surface area contributed by atoms with Crippen molar-refractivity contribution in [3.8, 4) is 0 Å². The van der Waals surface area contributed by atoms with Crippen LogP contribution in [0.1, 0.15) is 34.6 Å². The molecule has 12 heavy (non-hydrogen) atoms. The van der Waals surface area contributed by atoms with Crippen molar-refractivity contribution in [2.45, 2.75) is 40.2 Å². The molecule has 0 bridgehead atoms. The second-order valence-corrected chi connectivity index (χ2v) is 5.10. The zero-order chi connectivity index (χ0) is 9.94. The van der Waals surface area contributed by atoms with Gasteiger partial charge in [-0.25, -0.2) is 0 Å². The summed E-state index contributed by atoms with van der Waals surface area (Å²) in [7, 11) is 2.15. The summed E-state index contributed by atoms with van der Waals surface area (Å²) in [5, 5.41) is 0. The minimum atomic E-state index is 0.223. The Labute approximate surface area is 81.2 Å². The maximum absolute atomic E-state index is 2.32. The number of rotatable bonds is 2. The lowest BCUT2D eigenvalue weighted by atomic mass is 10.1. The van der Waals surface area contributed by atoms with E-state index in [2.05, 4.69) is 52.8 Å². The van der Waals surface area contributed by atoms with Gasteiger partial charge in [-0.3, -0.25) is 0 Å². The number of allylic oxidation sites excluding steroid dienone is 2. The first-order valence-corrected chi connectivity index (χ1v) is 5.48. The Balaban J connectivity index is 4.60. The van der Waals surface area contributed by atoms with Crippen LogP contribution in [0.5, 0.6) is 0 Å². The van der Waals surface area contributed by atoms with E-state index in [0.29, 0.717) is 0 Å². The average Bonchev–Trinajstić information content (AvgIpc) is 1.98. The highest BCUT2D eigenvalue weighted by molar-refractivity contribution is 8.02. The number of thioether (sulfide) groups is 1. The van der Waals surface area contributed by atoms with Crippen molar-refractivity contribution in [1.82, 2.24) is 4.90 Å². The monoisotopic (exact) mass is 187 g/mol. The van der Waals surface area contributed by atoms with Crippen molar-refractivity contribution < 1.29 is 0 Å². The molecule has 0 saturated heterocycles. The fourth-order valence-electron chi connectivity index (χ4n) is 0.887. The lowest BCUT2D eigenvalue weighted by Crippen LogP contribution is -2.36. The lowest BCUT2D eigenvalue weighted by Gasteiger charge is -2.35. The molecule has 0 spiro atoms. The van der Waals surface area contributed by atoms with Crippen molar-refractivity contribution in [2.24, 2.45) is 0 Å². The lowest BCUT2D eigenvalue weighted by molar-refractivity contribution is 0.227. The molecule has 0 heterocycles. The smallest absolute Gasteiger partial charge is 0.0311 e. The third kappa shape index (κ3) is 3.10. The molecule has 0 amide bonds. The Morgan fingerprint density at radius 3 is 1.83 bits per heavy atom. The minimum absolute atomic E-state index is 0.223. The van der Waals surface area contributed by atoms with Crippen molar-refractivity contribution >= 4 is 11.8 Å². The molecule has 0 aliphatic carbocycles. The summed E-state index contributed by atoms with van der Waals surface area (Å²) in [4.78, 5) is 3.71. The van der Waals surface area contributed by atoms with E-state index in [9.17, 15) is 0 Å². The molecule has 0 aromatic carbocycles. The van der Waals surface area contributed by atoms with Crippen molar-refractivity contribution in [2.75, 3.05) is 13.3 Å². The molecule has 0 unspecified atom stereocenters. The topological polar surface area (TPSA) is 3.24 Å². The van der Waals surface area contributed by atoms with E-state index in [1.165, 1.54) is 10.6 Å². The molecular formula is C10H21NS. The van der Waals surface area contributed by atoms with E-state index in [0.717, 1.165) is 0 Å². The van der Waals surface area contributed by atoms with Crippen LogP contribution in [0.2, 0.25) is 0 Å². The number of hydrogen-bond acceptors (Lipinski definition) is 2. The Bertz CT molecular complexity index is 177. The average molecular weight is 187 g/mol. The molecule has 0 N–H and O–H groups in total. The van der Waals surface area contributed by atoms with E-state index in [1.807, 2.05) is 11.8 Å². The van der Waals surface area contributed by atoms with Crippen molar-refractivity contribution in [1.29, 1.82) is 0 Å². The first-order chi connectivity index (χ1) is 5.30. The van der Waals surface area contributed by atoms with Gasteiger partial charge in [0.25, 0.3) is 0 Å². The molecule has 0 aromatic heterocycles. The van der Waals surface area contributed by atoms with Gasteiger partial charge in [0.1, 0.15) is 0 Å². The molecule has 0 rings (SSSR count). The molecular weight excluding hydrogens is 166 g/mol. The summed E-state index contributed by atoms with van der Waals surface area (Å²) >= 11 is 1.82. The Morgan fingerprint density at radius 2 is 1.58 bits per heavy atom. The molecule has 2 heteroatoms. The predicted octanol–water partition coefficient (Wildman–Crippen LogP) is 3.33. The number of hydrogen-bond donors (Lipinski definition) is 0. The van der Waals surface area contributed by atoms with Crippen molar-refractivity contribution in [3.05, 3.63) is 10.6 Å². The molecule has 0 aliphatic heterocycles. The van der Waals surface area contributed by atoms with E-state index < -0.39 is 0 Å². The molecule has 0 aliphatic rings. The zero-order valence-corrected chi connectivity index (χ0v) is 10.2. The summed E-state index contributed by atoms with van der Waals surface area (Å²) < 4.78 is 0. The first-order valence-electron chi connectivity index (χ1n) is 4.26. The fraction of sp³-hybridized carbons (Fsp3) is 0.800. The van der Waals surface area contributed by atoms with Gasteiger partial charge in [-0.1, -0.05) is 0 Å². The summed E-state index contributed by atoms with van der Waals surface area (Å²) in [6.45, 7) is 11.0. The summed E-state index contributed by atoms with van der Waals surface area (Å²) in [5.74, 6) is 0. The van der Waals surface area contributed by atoms with Crippen LogP contribution >= 0.6 is 11.8 Å². The Hall–Kier alpha value is -0.110. The van der Waals surface area contributed by atoms with Crippen molar-refractivity contribution in [3.63, 3.8) is 0 Å². The minimum Gasteiger partial charge on any atom is -0.373 e. The third-order valence-corrected chi connectivity index (χ3v) is 3.23.